The van der Waals surface area contributed by atoms with Crippen molar-refractivity contribution in [3.05, 3.63) is 46.1 Å². The zero-order valence-corrected chi connectivity index (χ0v) is 10.8. The van der Waals surface area contributed by atoms with Crippen molar-refractivity contribution >= 4 is 11.6 Å². The van der Waals surface area contributed by atoms with Gasteiger partial charge in [-0.1, -0.05) is 17.7 Å². The van der Waals surface area contributed by atoms with E-state index < -0.39 is 0 Å². The molecule has 0 bridgehead atoms. The molecule has 0 unspecified atom stereocenters. The summed E-state index contributed by atoms with van der Waals surface area (Å²) in [6, 6.07) is 7.07. The van der Waals surface area contributed by atoms with Gasteiger partial charge in [-0.2, -0.15) is 5.26 Å². The summed E-state index contributed by atoms with van der Waals surface area (Å²) in [6.45, 7) is 3.87. The molecule has 2 aromatic rings. The van der Waals surface area contributed by atoms with E-state index in [-0.39, 0.29) is 6.61 Å². The van der Waals surface area contributed by atoms with Crippen LogP contribution in [0.4, 0.5) is 0 Å². The molecule has 1 heterocycles. The van der Waals surface area contributed by atoms with Crippen LogP contribution in [0.15, 0.2) is 22.6 Å². The van der Waals surface area contributed by atoms with Gasteiger partial charge in [-0.25, -0.2) is 4.98 Å². The number of nitrogens with zero attached hydrogens (tertiary/aromatic N) is 2. The summed E-state index contributed by atoms with van der Waals surface area (Å²) in [4.78, 5) is 4.20. The van der Waals surface area contributed by atoms with Crippen molar-refractivity contribution in [2.75, 3.05) is 0 Å². The van der Waals surface area contributed by atoms with Gasteiger partial charge in [-0.3, -0.25) is 0 Å². The molecule has 0 atom stereocenters. The van der Waals surface area contributed by atoms with Crippen LogP contribution in [-0.2, 0) is 6.61 Å². The molecule has 0 fully saturated rings. The van der Waals surface area contributed by atoms with Gasteiger partial charge in [0.2, 0.25) is 5.89 Å². The van der Waals surface area contributed by atoms with Crippen molar-refractivity contribution < 1.29 is 9.15 Å². The quantitative estimate of drug-likeness (QED) is 0.851. The first-order valence-corrected chi connectivity index (χ1v) is 5.74. The standard InChI is InChI=1S/C13H11ClN2O2/c1-8-9(2)18-13(16-8)7-17-12-5-3-4-11(14)10(12)6-15/h3-5H,7H2,1-2H3. The Balaban J connectivity index is 2.16. The van der Waals surface area contributed by atoms with Gasteiger partial charge in [0, 0.05) is 0 Å². The number of ether oxygens (including phenoxy) is 1. The lowest BCUT2D eigenvalue weighted by atomic mass is 10.2. The van der Waals surface area contributed by atoms with Crippen LogP contribution < -0.4 is 4.74 Å². The predicted octanol–water partition coefficient (Wildman–Crippen LogP) is 3.40. The molecule has 92 valence electrons. The van der Waals surface area contributed by atoms with Gasteiger partial charge in [0.25, 0.3) is 0 Å². The number of aryl methyl sites for hydroxylation is 2. The van der Waals surface area contributed by atoms with E-state index in [2.05, 4.69) is 4.98 Å². The van der Waals surface area contributed by atoms with Crippen molar-refractivity contribution in [3.8, 4) is 11.8 Å². The monoisotopic (exact) mass is 262 g/mol. The van der Waals surface area contributed by atoms with Crippen LogP contribution in [0.1, 0.15) is 22.9 Å². The second-order valence-electron chi connectivity index (χ2n) is 3.76. The molecule has 0 saturated heterocycles. The lowest BCUT2D eigenvalue weighted by Crippen LogP contribution is -1.98. The Morgan fingerprint density at radius 2 is 2.22 bits per heavy atom. The smallest absolute Gasteiger partial charge is 0.232 e. The van der Waals surface area contributed by atoms with Crippen molar-refractivity contribution in [2.24, 2.45) is 0 Å². The molecular weight excluding hydrogens is 252 g/mol. The molecule has 0 N–H and O–H groups in total. The van der Waals surface area contributed by atoms with Crippen LogP contribution in [0.2, 0.25) is 5.02 Å². The molecular formula is C13H11ClN2O2. The highest BCUT2D eigenvalue weighted by Crippen LogP contribution is 2.26. The van der Waals surface area contributed by atoms with Gasteiger partial charge in [-0.05, 0) is 26.0 Å². The molecule has 0 radical (unpaired) electrons. The highest BCUT2D eigenvalue weighted by atomic mass is 35.5. The molecule has 18 heavy (non-hydrogen) atoms. The molecule has 4 nitrogen and oxygen atoms in total. The second-order valence-corrected chi connectivity index (χ2v) is 4.17. The normalized spacial score (nSPS) is 10.1. The van der Waals surface area contributed by atoms with Crippen LogP contribution in [0, 0.1) is 25.2 Å². The molecule has 1 aromatic carbocycles. The van der Waals surface area contributed by atoms with E-state index in [1.165, 1.54) is 0 Å². The first kappa shape index (κ1) is 12.5. The Bertz CT molecular complexity index is 594. The minimum atomic E-state index is 0.170. The maximum Gasteiger partial charge on any atom is 0.232 e. The maximum atomic E-state index is 8.99. The Kier molecular flexibility index (Phi) is 3.54. The summed E-state index contributed by atoms with van der Waals surface area (Å²) >= 11 is 5.90. The number of hydrogen-bond acceptors (Lipinski definition) is 4. The number of halogens is 1. The van der Waals surface area contributed by atoms with Gasteiger partial charge in [0.05, 0.1) is 10.7 Å². The third-order valence-corrected chi connectivity index (χ3v) is 2.83. The lowest BCUT2D eigenvalue weighted by Gasteiger charge is -2.06. The van der Waals surface area contributed by atoms with Gasteiger partial charge in [0.1, 0.15) is 23.1 Å². The Labute approximate surface area is 110 Å². The average molecular weight is 263 g/mol. The van der Waals surface area contributed by atoms with E-state index in [1.54, 1.807) is 18.2 Å². The minimum absolute atomic E-state index is 0.170. The number of benzene rings is 1. The largest absolute Gasteiger partial charge is 0.482 e. The fourth-order valence-electron chi connectivity index (χ4n) is 1.47. The highest BCUT2D eigenvalue weighted by Gasteiger charge is 2.10. The van der Waals surface area contributed by atoms with E-state index in [0.29, 0.717) is 22.2 Å². The number of aromatic nitrogens is 1. The summed E-state index contributed by atoms with van der Waals surface area (Å²) in [5.74, 6) is 1.67. The van der Waals surface area contributed by atoms with Gasteiger partial charge >= 0.3 is 0 Å². The van der Waals surface area contributed by atoms with E-state index in [4.69, 9.17) is 26.0 Å². The summed E-state index contributed by atoms with van der Waals surface area (Å²) in [5.41, 5.74) is 1.15. The van der Waals surface area contributed by atoms with Crippen molar-refractivity contribution in [2.45, 2.75) is 20.5 Å². The van der Waals surface area contributed by atoms with Gasteiger partial charge in [0.15, 0.2) is 6.61 Å². The van der Waals surface area contributed by atoms with Crippen molar-refractivity contribution in [1.29, 1.82) is 5.26 Å². The third kappa shape index (κ3) is 2.47. The second kappa shape index (κ2) is 5.11. The van der Waals surface area contributed by atoms with Crippen molar-refractivity contribution in [3.63, 3.8) is 0 Å². The topological polar surface area (TPSA) is 59.0 Å². The van der Waals surface area contributed by atoms with Crippen LogP contribution in [-0.4, -0.2) is 4.98 Å². The van der Waals surface area contributed by atoms with E-state index in [1.807, 2.05) is 19.9 Å². The summed E-state index contributed by atoms with van der Waals surface area (Å²) in [7, 11) is 0. The minimum Gasteiger partial charge on any atom is -0.482 e. The molecule has 0 aliphatic heterocycles. The summed E-state index contributed by atoms with van der Waals surface area (Å²) in [5, 5.41) is 9.36. The number of hydrogen-bond donors (Lipinski definition) is 0. The number of rotatable bonds is 3. The predicted molar refractivity (Wildman–Crippen MR) is 66.5 cm³/mol. The van der Waals surface area contributed by atoms with Crippen LogP contribution >= 0.6 is 11.6 Å². The maximum absolute atomic E-state index is 8.99. The number of oxazole rings is 1. The first-order valence-electron chi connectivity index (χ1n) is 5.36. The lowest BCUT2D eigenvalue weighted by molar-refractivity contribution is 0.260. The van der Waals surface area contributed by atoms with E-state index in [0.717, 1.165) is 11.5 Å². The fourth-order valence-corrected chi connectivity index (χ4v) is 1.68. The molecule has 0 aliphatic carbocycles. The molecule has 0 amide bonds. The Hall–Kier alpha value is -1.99. The third-order valence-electron chi connectivity index (χ3n) is 2.51. The number of nitriles is 1. The fraction of sp³-hybridized carbons (Fsp3) is 0.231. The van der Waals surface area contributed by atoms with Crippen LogP contribution in [0.3, 0.4) is 0 Å². The van der Waals surface area contributed by atoms with Gasteiger partial charge < -0.3 is 9.15 Å². The molecule has 2 rings (SSSR count). The molecule has 0 saturated carbocycles. The Morgan fingerprint density at radius 1 is 1.44 bits per heavy atom. The SMILES string of the molecule is Cc1nc(COc2cccc(Cl)c2C#N)oc1C. The molecule has 0 aliphatic rings. The average Bonchev–Trinajstić information content (AvgIpc) is 2.66. The van der Waals surface area contributed by atoms with E-state index in [9.17, 15) is 0 Å². The first-order chi connectivity index (χ1) is 8.61. The molecule has 5 heteroatoms. The molecule has 0 spiro atoms. The summed E-state index contributed by atoms with van der Waals surface area (Å²) < 4.78 is 10.9. The zero-order chi connectivity index (χ0) is 13.1. The van der Waals surface area contributed by atoms with Gasteiger partial charge in [-0.15, -0.1) is 0 Å². The molecule has 1 aromatic heterocycles. The Morgan fingerprint density at radius 3 is 2.83 bits per heavy atom. The summed E-state index contributed by atoms with van der Waals surface area (Å²) in [6.07, 6.45) is 0. The van der Waals surface area contributed by atoms with Crippen LogP contribution in [0.5, 0.6) is 5.75 Å². The highest BCUT2D eigenvalue weighted by molar-refractivity contribution is 6.31. The zero-order valence-electron chi connectivity index (χ0n) is 10.0. The van der Waals surface area contributed by atoms with E-state index >= 15 is 0 Å². The van der Waals surface area contributed by atoms with Crippen LogP contribution in [0.25, 0.3) is 0 Å². The van der Waals surface area contributed by atoms with Crippen molar-refractivity contribution in [1.82, 2.24) is 4.98 Å².